The van der Waals surface area contributed by atoms with Gasteiger partial charge < -0.3 is 15.8 Å². The maximum absolute atomic E-state index is 6.02. The number of fused-ring (bicyclic) bond motifs is 1. The summed E-state index contributed by atoms with van der Waals surface area (Å²) in [5, 5.41) is 3.15. The number of hydrogen-bond acceptors (Lipinski definition) is 2. The van der Waals surface area contributed by atoms with Gasteiger partial charge in [0.1, 0.15) is 18.4 Å². The molecular weight excluding hydrogens is 389 g/mol. The van der Waals surface area contributed by atoms with Gasteiger partial charge in [0.25, 0.3) is 0 Å². The van der Waals surface area contributed by atoms with E-state index in [4.69, 9.17) is 10.5 Å². The second-order valence-electron chi connectivity index (χ2n) is 5.06. The molecule has 0 fully saturated rings. The van der Waals surface area contributed by atoms with E-state index in [9.17, 15) is 0 Å². The van der Waals surface area contributed by atoms with Crippen molar-refractivity contribution < 1.29 is 4.74 Å². The number of aryl methyl sites for hydroxylation is 1. The largest absolute Gasteiger partial charge is 0.491 e. The number of halogens is 1. The number of nitrogens with zero attached hydrogens (tertiary/aromatic N) is 1. The van der Waals surface area contributed by atoms with E-state index in [2.05, 4.69) is 29.4 Å². The molecule has 0 radical (unpaired) electrons. The van der Waals surface area contributed by atoms with Crippen molar-refractivity contribution in [1.82, 2.24) is 0 Å². The van der Waals surface area contributed by atoms with Gasteiger partial charge in [-0.2, -0.15) is 0 Å². The molecular formula is C17H20IN3O. The van der Waals surface area contributed by atoms with Gasteiger partial charge in [-0.05, 0) is 30.2 Å². The number of rotatable bonds is 3. The van der Waals surface area contributed by atoms with Crippen LogP contribution in [0.2, 0.25) is 0 Å². The summed E-state index contributed by atoms with van der Waals surface area (Å²) in [5.41, 5.74) is 9.33. The summed E-state index contributed by atoms with van der Waals surface area (Å²) in [6.45, 7) is 2.67. The van der Waals surface area contributed by atoms with Gasteiger partial charge in [0.05, 0.1) is 0 Å². The summed E-state index contributed by atoms with van der Waals surface area (Å²) in [5.74, 6) is 1.31. The summed E-state index contributed by atoms with van der Waals surface area (Å²) in [7, 11) is 0. The zero-order valence-corrected chi connectivity index (χ0v) is 14.8. The number of anilines is 1. The maximum Gasteiger partial charge on any atom is 0.193 e. The van der Waals surface area contributed by atoms with Crippen LogP contribution in [0.3, 0.4) is 0 Å². The minimum atomic E-state index is -0.0388. The van der Waals surface area contributed by atoms with E-state index in [1.807, 2.05) is 36.4 Å². The standard InChI is InChI=1S/C17H19N3O.HI/c1-2-12-6-5-7-13(10-12)19-17(18)20-15-11-21-16-9-4-3-8-14(15)16;/h3-10,15H,2,11H2,1H3,(H3,18,19,20);1H. The molecule has 3 rings (SSSR count). The Bertz CT molecular complexity index is 672. The lowest BCUT2D eigenvalue weighted by Crippen LogP contribution is -2.23. The number of ether oxygens (including phenoxy) is 1. The van der Waals surface area contributed by atoms with E-state index in [1.54, 1.807) is 0 Å². The van der Waals surface area contributed by atoms with E-state index < -0.39 is 0 Å². The van der Waals surface area contributed by atoms with Gasteiger partial charge in [-0.1, -0.05) is 37.3 Å². The van der Waals surface area contributed by atoms with Crippen molar-refractivity contribution in [2.75, 3.05) is 11.9 Å². The van der Waals surface area contributed by atoms with Crippen LogP contribution in [-0.4, -0.2) is 12.6 Å². The summed E-state index contributed by atoms with van der Waals surface area (Å²) >= 11 is 0. The van der Waals surface area contributed by atoms with Crippen LogP contribution in [0.15, 0.2) is 53.5 Å². The Kier molecular flexibility index (Phi) is 5.65. The minimum Gasteiger partial charge on any atom is -0.491 e. The first-order valence-electron chi connectivity index (χ1n) is 7.17. The normalized spacial score (nSPS) is 16.4. The highest BCUT2D eigenvalue weighted by Gasteiger charge is 2.23. The highest BCUT2D eigenvalue weighted by molar-refractivity contribution is 14.0. The molecule has 0 spiro atoms. The molecule has 0 aliphatic carbocycles. The van der Waals surface area contributed by atoms with Crippen LogP contribution in [0.1, 0.15) is 24.1 Å². The third-order valence-electron chi connectivity index (χ3n) is 3.58. The number of nitrogens with two attached hydrogens (primary N) is 1. The van der Waals surface area contributed by atoms with Crippen molar-refractivity contribution in [1.29, 1.82) is 0 Å². The molecule has 0 saturated carbocycles. The van der Waals surface area contributed by atoms with Crippen LogP contribution >= 0.6 is 24.0 Å². The Hall–Kier alpha value is -1.76. The quantitative estimate of drug-likeness (QED) is 0.462. The third kappa shape index (κ3) is 3.71. The predicted molar refractivity (Wildman–Crippen MR) is 101 cm³/mol. The van der Waals surface area contributed by atoms with Gasteiger partial charge >= 0.3 is 0 Å². The topological polar surface area (TPSA) is 59.6 Å². The first-order chi connectivity index (χ1) is 10.3. The van der Waals surface area contributed by atoms with Gasteiger partial charge in [-0.25, -0.2) is 4.99 Å². The van der Waals surface area contributed by atoms with E-state index in [-0.39, 0.29) is 30.0 Å². The molecule has 22 heavy (non-hydrogen) atoms. The van der Waals surface area contributed by atoms with Crippen molar-refractivity contribution in [3.8, 4) is 5.75 Å². The van der Waals surface area contributed by atoms with Gasteiger partial charge in [-0.3, -0.25) is 0 Å². The smallest absolute Gasteiger partial charge is 0.193 e. The van der Waals surface area contributed by atoms with Crippen molar-refractivity contribution in [2.45, 2.75) is 19.4 Å². The van der Waals surface area contributed by atoms with Crippen molar-refractivity contribution >= 4 is 35.6 Å². The summed E-state index contributed by atoms with van der Waals surface area (Å²) in [6.07, 6.45) is 0.996. The lowest BCUT2D eigenvalue weighted by Gasteiger charge is -2.09. The van der Waals surface area contributed by atoms with E-state index in [0.29, 0.717) is 12.6 Å². The molecule has 0 aromatic heterocycles. The fourth-order valence-corrected chi connectivity index (χ4v) is 2.47. The van der Waals surface area contributed by atoms with Crippen molar-refractivity contribution in [3.63, 3.8) is 0 Å². The van der Waals surface area contributed by atoms with Crippen LogP contribution in [0.5, 0.6) is 5.75 Å². The number of para-hydroxylation sites is 1. The van der Waals surface area contributed by atoms with Crippen LogP contribution < -0.4 is 15.8 Å². The molecule has 2 aromatic rings. The first-order valence-corrected chi connectivity index (χ1v) is 7.17. The molecule has 1 aliphatic heterocycles. The van der Waals surface area contributed by atoms with Gasteiger partial charge in [0, 0.05) is 11.3 Å². The lowest BCUT2D eigenvalue weighted by atomic mass is 10.1. The lowest BCUT2D eigenvalue weighted by molar-refractivity contribution is 0.334. The summed E-state index contributed by atoms with van der Waals surface area (Å²) < 4.78 is 5.61. The van der Waals surface area contributed by atoms with Crippen LogP contribution in [0.4, 0.5) is 5.69 Å². The minimum absolute atomic E-state index is 0. The second kappa shape index (κ2) is 7.49. The molecule has 116 valence electrons. The Balaban J connectivity index is 0.00000176. The average Bonchev–Trinajstić information content (AvgIpc) is 2.91. The monoisotopic (exact) mass is 409 g/mol. The number of nitrogens with one attached hydrogen (secondary N) is 1. The molecule has 1 aliphatic rings. The van der Waals surface area contributed by atoms with Crippen molar-refractivity contribution in [3.05, 3.63) is 59.7 Å². The van der Waals surface area contributed by atoms with Crippen LogP contribution in [0, 0.1) is 0 Å². The number of guanidine groups is 1. The Morgan fingerprint density at radius 1 is 1.27 bits per heavy atom. The number of benzene rings is 2. The van der Waals surface area contributed by atoms with Gasteiger partial charge in [-0.15, -0.1) is 24.0 Å². The molecule has 0 saturated heterocycles. The molecule has 2 aromatic carbocycles. The first kappa shape index (κ1) is 16.6. The average molecular weight is 409 g/mol. The highest BCUT2D eigenvalue weighted by atomic mass is 127. The highest BCUT2D eigenvalue weighted by Crippen LogP contribution is 2.34. The molecule has 5 heteroatoms. The molecule has 0 amide bonds. The Labute approximate surface area is 147 Å². The fourth-order valence-electron chi connectivity index (χ4n) is 2.47. The van der Waals surface area contributed by atoms with Gasteiger partial charge in [0.2, 0.25) is 0 Å². The van der Waals surface area contributed by atoms with Crippen LogP contribution in [-0.2, 0) is 6.42 Å². The molecule has 1 unspecified atom stereocenters. The Morgan fingerprint density at radius 3 is 2.91 bits per heavy atom. The molecule has 1 atom stereocenters. The van der Waals surface area contributed by atoms with E-state index >= 15 is 0 Å². The third-order valence-corrected chi connectivity index (χ3v) is 3.58. The Morgan fingerprint density at radius 2 is 2.09 bits per heavy atom. The van der Waals surface area contributed by atoms with Crippen molar-refractivity contribution in [2.24, 2.45) is 10.7 Å². The summed E-state index contributed by atoms with van der Waals surface area (Å²) in [4.78, 5) is 4.53. The molecule has 3 N–H and O–H groups in total. The predicted octanol–water partition coefficient (Wildman–Crippen LogP) is 3.73. The maximum atomic E-state index is 6.02. The SMILES string of the molecule is CCc1cccc(NC(N)=NC2COc3ccccc32)c1.I. The molecule has 4 nitrogen and oxygen atoms in total. The van der Waals surface area contributed by atoms with E-state index in [1.165, 1.54) is 5.56 Å². The number of aliphatic imine (C=N–C) groups is 1. The van der Waals surface area contributed by atoms with Crippen LogP contribution in [0.25, 0.3) is 0 Å². The zero-order valence-electron chi connectivity index (χ0n) is 12.5. The number of hydrogen-bond donors (Lipinski definition) is 2. The zero-order chi connectivity index (χ0) is 14.7. The summed E-state index contributed by atoms with van der Waals surface area (Å²) in [6, 6.07) is 16.1. The van der Waals surface area contributed by atoms with Gasteiger partial charge in [0.15, 0.2) is 5.96 Å². The molecule has 1 heterocycles. The molecule has 0 bridgehead atoms. The second-order valence-corrected chi connectivity index (χ2v) is 5.06. The fraction of sp³-hybridized carbons (Fsp3) is 0.235. The van der Waals surface area contributed by atoms with E-state index in [0.717, 1.165) is 23.4 Å².